The van der Waals surface area contributed by atoms with E-state index in [0.717, 1.165) is 47.3 Å². The monoisotopic (exact) mass is 325 g/mol. The molecule has 2 rings (SSSR count). The maximum atomic E-state index is 11.8. The highest BCUT2D eigenvalue weighted by Gasteiger charge is 2.26. The Morgan fingerprint density at radius 3 is 2.95 bits per heavy atom. The van der Waals surface area contributed by atoms with E-state index in [1.807, 2.05) is 13.0 Å². The first-order valence-corrected chi connectivity index (χ1v) is 7.34. The van der Waals surface area contributed by atoms with Crippen LogP contribution in [0, 0.1) is 12.8 Å². The van der Waals surface area contributed by atoms with Gasteiger partial charge in [-0.1, -0.05) is 0 Å². The second-order valence-corrected chi connectivity index (χ2v) is 5.91. The van der Waals surface area contributed by atoms with Crippen LogP contribution in [0.3, 0.4) is 0 Å². The summed E-state index contributed by atoms with van der Waals surface area (Å²) in [6.07, 6.45) is 2.00. The lowest BCUT2D eigenvalue weighted by Gasteiger charge is -2.34. The van der Waals surface area contributed by atoms with Crippen molar-refractivity contribution in [2.24, 2.45) is 5.92 Å². The van der Waals surface area contributed by atoms with Crippen LogP contribution in [-0.4, -0.2) is 26.0 Å². The summed E-state index contributed by atoms with van der Waals surface area (Å²) >= 11 is 3.57. The van der Waals surface area contributed by atoms with Crippen LogP contribution in [0.5, 0.6) is 0 Å². The zero-order chi connectivity index (χ0) is 14.0. The number of rotatable bonds is 2. The van der Waals surface area contributed by atoms with Crippen LogP contribution < -0.4 is 16.0 Å². The molecule has 19 heavy (non-hydrogen) atoms. The van der Waals surface area contributed by atoms with E-state index in [9.17, 15) is 4.79 Å². The lowest BCUT2D eigenvalue weighted by atomic mass is 9.96. The molecule has 0 radical (unpaired) electrons. The summed E-state index contributed by atoms with van der Waals surface area (Å²) in [4.78, 5) is 14.0. The van der Waals surface area contributed by atoms with Crippen LogP contribution in [0.15, 0.2) is 16.6 Å². The summed E-state index contributed by atoms with van der Waals surface area (Å²) < 4.78 is 0.994. The van der Waals surface area contributed by atoms with Gasteiger partial charge in [-0.2, -0.15) is 0 Å². The summed E-state index contributed by atoms with van der Waals surface area (Å²) in [7, 11) is 1.70. The van der Waals surface area contributed by atoms with Gasteiger partial charge in [0.2, 0.25) is 5.91 Å². The molecule has 4 nitrogen and oxygen atoms in total. The summed E-state index contributed by atoms with van der Waals surface area (Å²) in [5, 5.41) is 2.74. The second kappa shape index (κ2) is 5.82. The van der Waals surface area contributed by atoms with Crippen molar-refractivity contribution in [3.05, 3.63) is 22.2 Å². The maximum Gasteiger partial charge on any atom is 0.224 e. The highest BCUT2D eigenvalue weighted by molar-refractivity contribution is 9.10. The minimum absolute atomic E-state index is 0.0727. The molecule has 3 N–H and O–H groups in total. The standard InChI is InChI=1S/C14H20BrN3O/c1-9-6-13(11(15)7-12(9)16)18-5-3-4-10(8-18)14(19)17-2/h6-7,10H,3-5,8,16H2,1-2H3,(H,17,19). The topological polar surface area (TPSA) is 58.4 Å². The third-order valence-electron chi connectivity index (χ3n) is 3.71. The molecule has 1 saturated heterocycles. The van der Waals surface area contributed by atoms with E-state index in [0.29, 0.717) is 0 Å². The number of carbonyl (C=O) groups is 1. The number of nitrogens with one attached hydrogen (secondary N) is 1. The summed E-state index contributed by atoms with van der Waals surface area (Å²) in [5.41, 5.74) is 8.89. The third kappa shape index (κ3) is 3.03. The van der Waals surface area contributed by atoms with Gasteiger partial charge >= 0.3 is 0 Å². The van der Waals surface area contributed by atoms with E-state index in [1.54, 1.807) is 7.05 Å². The Morgan fingerprint density at radius 2 is 2.26 bits per heavy atom. The first-order valence-electron chi connectivity index (χ1n) is 6.55. The Hall–Kier alpha value is -1.23. The first-order chi connectivity index (χ1) is 9.02. The van der Waals surface area contributed by atoms with Gasteiger partial charge in [0.1, 0.15) is 0 Å². The van der Waals surface area contributed by atoms with Crippen LogP contribution in [0.2, 0.25) is 0 Å². The zero-order valence-corrected chi connectivity index (χ0v) is 13.0. The van der Waals surface area contributed by atoms with Gasteiger partial charge in [0, 0.05) is 30.3 Å². The minimum atomic E-state index is 0.0727. The van der Waals surface area contributed by atoms with Crippen molar-refractivity contribution in [3.63, 3.8) is 0 Å². The largest absolute Gasteiger partial charge is 0.398 e. The molecule has 0 bridgehead atoms. The Bertz CT molecular complexity index is 490. The number of nitrogens with two attached hydrogens (primary N) is 1. The Labute approximate surface area is 122 Å². The predicted octanol–water partition coefficient (Wildman–Crippen LogP) is 2.30. The fourth-order valence-electron chi connectivity index (χ4n) is 2.54. The summed E-state index contributed by atoms with van der Waals surface area (Å²) in [6, 6.07) is 4.03. The number of hydrogen-bond donors (Lipinski definition) is 2. The van der Waals surface area contributed by atoms with Crippen molar-refractivity contribution in [3.8, 4) is 0 Å². The van der Waals surface area contributed by atoms with Gasteiger partial charge in [-0.15, -0.1) is 0 Å². The maximum absolute atomic E-state index is 11.8. The molecule has 104 valence electrons. The molecule has 1 atom stereocenters. The fraction of sp³-hybridized carbons (Fsp3) is 0.500. The number of carbonyl (C=O) groups excluding carboxylic acids is 1. The average molecular weight is 326 g/mol. The van der Waals surface area contributed by atoms with E-state index < -0.39 is 0 Å². The molecule has 1 aromatic carbocycles. The van der Waals surface area contributed by atoms with Gasteiger partial charge in [0.25, 0.3) is 0 Å². The van der Waals surface area contributed by atoms with Gasteiger partial charge < -0.3 is 16.0 Å². The fourth-order valence-corrected chi connectivity index (χ4v) is 3.15. The van der Waals surface area contributed by atoms with Gasteiger partial charge in [-0.25, -0.2) is 0 Å². The molecule has 1 fully saturated rings. The van der Waals surface area contributed by atoms with Gasteiger partial charge in [0.05, 0.1) is 11.6 Å². The molecule has 1 heterocycles. The molecule has 0 saturated carbocycles. The third-order valence-corrected chi connectivity index (χ3v) is 4.35. The molecule has 1 aromatic rings. The van der Waals surface area contributed by atoms with Gasteiger partial charge in [0.15, 0.2) is 0 Å². The van der Waals surface area contributed by atoms with Crippen molar-refractivity contribution in [1.29, 1.82) is 0 Å². The van der Waals surface area contributed by atoms with Gasteiger partial charge in [-0.3, -0.25) is 4.79 Å². The highest BCUT2D eigenvalue weighted by atomic mass is 79.9. The van der Waals surface area contributed by atoms with Crippen molar-refractivity contribution in [1.82, 2.24) is 5.32 Å². The summed E-state index contributed by atoms with van der Waals surface area (Å²) in [6.45, 7) is 3.75. The van der Waals surface area contributed by atoms with E-state index in [4.69, 9.17) is 5.73 Å². The number of nitrogens with zero attached hydrogens (tertiary/aromatic N) is 1. The Kier molecular flexibility index (Phi) is 4.34. The molecule has 5 heteroatoms. The van der Waals surface area contributed by atoms with Crippen LogP contribution in [0.25, 0.3) is 0 Å². The van der Waals surface area contributed by atoms with E-state index in [2.05, 4.69) is 32.2 Å². The lowest BCUT2D eigenvalue weighted by Crippen LogP contribution is -2.42. The highest BCUT2D eigenvalue weighted by Crippen LogP contribution is 2.33. The first kappa shape index (κ1) is 14.2. The number of aryl methyl sites for hydroxylation is 1. The minimum Gasteiger partial charge on any atom is -0.398 e. The summed E-state index contributed by atoms with van der Waals surface area (Å²) in [5.74, 6) is 0.205. The van der Waals surface area contributed by atoms with Crippen molar-refractivity contribution < 1.29 is 4.79 Å². The number of nitrogen functional groups attached to an aromatic ring is 1. The van der Waals surface area contributed by atoms with Crippen LogP contribution in [-0.2, 0) is 4.79 Å². The van der Waals surface area contributed by atoms with Crippen LogP contribution >= 0.6 is 15.9 Å². The number of amides is 1. The molecular weight excluding hydrogens is 306 g/mol. The molecule has 1 amide bonds. The number of hydrogen-bond acceptors (Lipinski definition) is 3. The Morgan fingerprint density at radius 1 is 1.53 bits per heavy atom. The van der Waals surface area contributed by atoms with E-state index in [1.165, 1.54) is 0 Å². The normalized spacial score (nSPS) is 19.3. The lowest BCUT2D eigenvalue weighted by molar-refractivity contribution is -0.124. The smallest absolute Gasteiger partial charge is 0.224 e. The predicted molar refractivity (Wildman–Crippen MR) is 82.3 cm³/mol. The number of piperidine rings is 1. The average Bonchev–Trinajstić information content (AvgIpc) is 2.42. The SMILES string of the molecule is CNC(=O)C1CCCN(c2cc(C)c(N)cc2Br)C1. The molecule has 0 spiro atoms. The molecule has 1 aliphatic rings. The number of benzene rings is 1. The van der Waals surface area contributed by atoms with Crippen LogP contribution in [0.4, 0.5) is 11.4 Å². The Balaban J connectivity index is 2.22. The van der Waals surface area contributed by atoms with Crippen molar-refractivity contribution >= 4 is 33.2 Å². The van der Waals surface area contributed by atoms with Crippen molar-refractivity contribution in [2.75, 3.05) is 30.8 Å². The van der Waals surface area contributed by atoms with E-state index in [-0.39, 0.29) is 11.8 Å². The van der Waals surface area contributed by atoms with Gasteiger partial charge in [-0.05, 0) is 53.4 Å². The number of anilines is 2. The molecule has 0 aliphatic carbocycles. The zero-order valence-electron chi connectivity index (χ0n) is 11.4. The molecule has 1 unspecified atom stereocenters. The number of halogens is 1. The van der Waals surface area contributed by atoms with Crippen molar-refractivity contribution in [2.45, 2.75) is 19.8 Å². The second-order valence-electron chi connectivity index (χ2n) is 5.06. The molecule has 1 aliphatic heterocycles. The van der Waals surface area contributed by atoms with Crippen LogP contribution in [0.1, 0.15) is 18.4 Å². The molecule has 0 aromatic heterocycles. The van der Waals surface area contributed by atoms with E-state index >= 15 is 0 Å². The molecular formula is C14H20BrN3O. The quantitative estimate of drug-likeness (QED) is 0.820.